The second-order valence-electron chi connectivity index (χ2n) is 9.22. The molecule has 0 saturated heterocycles. The highest BCUT2D eigenvalue weighted by atomic mass is 16.2. The summed E-state index contributed by atoms with van der Waals surface area (Å²) in [6.07, 6.45) is 0.0973. The van der Waals surface area contributed by atoms with Crippen LogP contribution in [0.3, 0.4) is 0 Å². The van der Waals surface area contributed by atoms with Crippen LogP contribution in [0, 0.1) is 5.92 Å². The molecule has 0 unspecified atom stereocenters. The van der Waals surface area contributed by atoms with Crippen molar-refractivity contribution in [3.63, 3.8) is 0 Å². The molecular formula is C27H32N4O5. The minimum atomic E-state index is -1.14. The number of nitrogens with zero attached hydrogens (tertiary/aromatic N) is 2. The van der Waals surface area contributed by atoms with Crippen LogP contribution in [0.1, 0.15) is 53.0 Å². The lowest BCUT2D eigenvalue weighted by Crippen LogP contribution is -2.57. The van der Waals surface area contributed by atoms with Gasteiger partial charge in [-0.05, 0) is 30.0 Å². The summed E-state index contributed by atoms with van der Waals surface area (Å²) in [5.41, 5.74) is 7.46. The Bertz CT molecular complexity index is 1110. The molecule has 3 rings (SSSR count). The van der Waals surface area contributed by atoms with Crippen molar-refractivity contribution in [2.75, 3.05) is 13.6 Å². The molecule has 36 heavy (non-hydrogen) atoms. The Kier molecular flexibility index (Phi) is 8.71. The summed E-state index contributed by atoms with van der Waals surface area (Å²) in [6, 6.07) is 13.3. The van der Waals surface area contributed by atoms with Gasteiger partial charge in [-0.2, -0.15) is 0 Å². The predicted molar refractivity (Wildman–Crippen MR) is 134 cm³/mol. The lowest BCUT2D eigenvalue weighted by molar-refractivity contribution is -0.153. The molecule has 0 saturated carbocycles. The highest BCUT2D eigenvalue weighted by Crippen LogP contribution is 2.23. The zero-order valence-electron chi connectivity index (χ0n) is 20.8. The quantitative estimate of drug-likeness (QED) is 0.486. The van der Waals surface area contributed by atoms with E-state index in [2.05, 4.69) is 5.32 Å². The summed E-state index contributed by atoms with van der Waals surface area (Å²) in [5.74, 6) is -2.76. The monoisotopic (exact) mass is 492 g/mol. The number of likely N-dealkylation sites (N-methyl/N-ethyl adjacent to an activating group) is 1. The largest absolute Gasteiger partial charge is 0.357 e. The smallest absolute Gasteiger partial charge is 0.261 e. The molecule has 9 heteroatoms. The molecule has 0 bridgehead atoms. The highest BCUT2D eigenvalue weighted by Gasteiger charge is 2.39. The number of nitrogens with two attached hydrogens (primary N) is 1. The minimum Gasteiger partial charge on any atom is -0.357 e. The molecule has 0 aliphatic carbocycles. The van der Waals surface area contributed by atoms with Gasteiger partial charge < -0.3 is 11.1 Å². The van der Waals surface area contributed by atoms with Gasteiger partial charge in [0, 0.05) is 26.4 Å². The van der Waals surface area contributed by atoms with E-state index in [9.17, 15) is 24.0 Å². The molecule has 2 atom stereocenters. The Balaban J connectivity index is 1.87. The molecule has 0 radical (unpaired) electrons. The van der Waals surface area contributed by atoms with E-state index in [0.717, 1.165) is 15.4 Å². The van der Waals surface area contributed by atoms with E-state index < -0.39 is 41.6 Å². The highest BCUT2D eigenvalue weighted by molar-refractivity contribution is 6.21. The maximum Gasteiger partial charge on any atom is 0.261 e. The lowest BCUT2D eigenvalue weighted by atomic mass is 9.99. The van der Waals surface area contributed by atoms with E-state index in [1.165, 1.54) is 7.05 Å². The zero-order chi connectivity index (χ0) is 26.4. The van der Waals surface area contributed by atoms with Crippen LogP contribution < -0.4 is 11.1 Å². The van der Waals surface area contributed by atoms with Gasteiger partial charge in [-0.15, -0.1) is 0 Å². The van der Waals surface area contributed by atoms with E-state index in [-0.39, 0.29) is 36.4 Å². The molecule has 0 spiro atoms. The van der Waals surface area contributed by atoms with Crippen LogP contribution >= 0.6 is 0 Å². The maximum absolute atomic E-state index is 13.5. The van der Waals surface area contributed by atoms with Crippen LogP contribution in [-0.2, 0) is 20.8 Å². The predicted octanol–water partition coefficient (Wildman–Crippen LogP) is 1.76. The van der Waals surface area contributed by atoms with Crippen molar-refractivity contribution in [3.05, 3.63) is 71.3 Å². The van der Waals surface area contributed by atoms with Crippen molar-refractivity contribution >= 4 is 29.5 Å². The molecular weight excluding hydrogens is 460 g/mol. The summed E-state index contributed by atoms with van der Waals surface area (Å²) < 4.78 is 0. The fourth-order valence-electron chi connectivity index (χ4n) is 4.31. The van der Waals surface area contributed by atoms with Crippen molar-refractivity contribution in [2.24, 2.45) is 11.7 Å². The number of hydrogen-bond donors (Lipinski definition) is 2. The van der Waals surface area contributed by atoms with Crippen molar-refractivity contribution in [1.82, 2.24) is 15.1 Å². The molecule has 2 aromatic rings. The third kappa shape index (κ3) is 5.85. The van der Waals surface area contributed by atoms with Crippen LogP contribution in [0.2, 0.25) is 0 Å². The van der Waals surface area contributed by atoms with Crippen LogP contribution in [0.15, 0.2) is 54.6 Å². The summed E-state index contributed by atoms with van der Waals surface area (Å²) >= 11 is 0. The minimum absolute atomic E-state index is 0.0897. The number of fused-ring (bicyclic) bond motifs is 1. The normalized spacial score (nSPS) is 14.4. The molecule has 2 aromatic carbocycles. The number of carbonyl (C=O) groups is 5. The van der Waals surface area contributed by atoms with Crippen LogP contribution in [0.5, 0.6) is 0 Å². The van der Waals surface area contributed by atoms with E-state index in [1.807, 2.05) is 19.9 Å². The van der Waals surface area contributed by atoms with Gasteiger partial charge in [0.05, 0.1) is 17.2 Å². The Morgan fingerprint density at radius 1 is 0.944 bits per heavy atom. The Hall–Kier alpha value is -3.85. The number of rotatable bonds is 10. The van der Waals surface area contributed by atoms with Gasteiger partial charge in [0.1, 0.15) is 6.04 Å². The second-order valence-corrected chi connectivity index (χ2v) is 9.22. The topological polar surface area (TPSA) is 130 Å². The summed E-state index contributed by atoms with van der Waals surface area (Å²) in [5, 5.41) is 2.53. The molecule has 0 fully saturated rings. The van der Waals surface area contributed by atoms with Gasteiger partial charge in [-0.1, -0.05) is 56.3 Å². The number of imide groups is 2. The molecule has 190 valence electrons. The van der Waals surface area contributed by atoms with Gasteiger partial charge in [0.2, 0.25) is 17.7 Å². The van der Waals surface area contributed by atoms with E-state index >= 15 is 0 Å². The SMILES string of the molecule is CNC(=O)[C@H](Cc1ccccc1)N(C(=O)CCN1C(=O)c2ccccc2C1=O)C(=O)[C@@H](N)CC(C)C. The average molecular weight is 493 g/mol. The van der Waals surface area contributed by atoms with E-state index in [0.29, 0.717) is 6.42 Å². The number of amides is 5. The summed E-state index contributed by atoms with van der Waals surface area (Å²) in [4.78, 5) is 67.2. The Morgan fingerprint density at radius 3 is 2.03 bits per heavy atom. The number of nitrogens with one attached hydrogen (secondary N) is 1. The Morgan fingerprint density at radius 2 is 1.50 bits per heavy atom. The van der Waals surface area contributed by atoms with Gasteiger partial charge in [0.15, 0.2) is 0 Å². The molecule has 0 aromatic heterocycles. The third-order valence-electron chi connectivity index (χ3n) is 6.11. The lowest BCUT2D eigenvalue weighted by Gasteiger charge is -2.32. The first-order chi connectivity index (χ1) is 17.1. The number of hydrogen-bond acceptors (Lipinski definition) is 6. The number of benzene rings is 2. The summed E-state index contributed by atoms with van der Waals surface area (Å²) in [7, 11) is 1.43. The average Bonchev–Trinajstić information content (AvgIpc) is 3.11. The molecule has 9 nitrogen and oxygen atoms in total. The fraction of sp³-hybridized carbons (Fsp3) is 0.370. The van der Waals surface area contributed by atoms with Crippen LogP contribution in [-0.4, -0.2) is 65.0 Å². The van der Waals surface area contributed by atoms with Crippen molar-refractivity contribution in [3.8, 4) is 0 Å². The van der Waals surface area contributed by atoms with Crippen LogP contribution in [0.4, 0.5) is 0 Å². The fourth-order valence-corrected chi connectivity index (χ4v) is 4.31. The summed E-state index contributed by atoms with van der Waals surface area (Å²) in [6.45, 7) is 3.59. The third-order valence-corrected chi connectivity index (χ3v) is 6.11. The first-order valence-corrected chi connectivity index (χ1v) is 12.0. The van der Waals surface area contributed by atoms with E-state index in [4.69, 9.17) is 5.73 Å². The second kappa shape index (κ2) is 11.7. The van der Waals surface area contributed by atoms with E-state index in [1.54, 1.807) is 48.5 Å². The van der Waals surface area contributed by atoms with Gasteiger partial charge >= 0.3 is 0 Å². The van der Waals surface area contributed by atoms with Gasteiger partial charge in [0.25, 0.3) is 11.8 Å². The molecule has 1 heterocycles. The maximum atomic E-state index is 13.5. The van der Waals surface area contributed by atoms with Gasteiger partial charge in [-0.3, -0.25) is 33.8 Å². The number of carbonyl (C=O) groups excluding carboxylic acids is 5. The van der Waals surface area contributed by atoms with Crippen LogP contribution in [0.25, 0.3) is 0 Å². The van der Waals surface area contributed by atoms with Crippen molar-refractivity contribution in [2.45, 2.75) is 45.2 Å². The standard InChI is InChI=1S/C27H32N4O5/c1-17(2)15-21(28)27(36)31(22(24(33)29-3)16-18-9-5-4-6-10-18)23(32)13-14-30-25(34)19-11-7-8-12-20(19)26(30)35/h4-12,17,21-22H,13-16,28H2,1-3H3,(H,29,33)/t21-,22-/m0/s1. The first-order valence-electron chi connectivity index (χ1n) is 12.0. The van der Waals surface area contributed by atoms with Gasteiger partial charge in [-0.25, -0.2) is 0 Å². The molecule has 1 aliphatic heterocycles. The molecule has 3 N–H and O–H groups in total. The molecule has 1 aliphatic rings. The zero-order valence-corrected chi connectivity index (χ0v) is 20.8. The van der Waals surface area contributed by atoms with Crippen molar-refractivity contribution in [1.29, 1.82) is 0 Å². The Labute approximate surface area is 210 Å². The first kappa shape index (κ1) is 26.7. The molecule has 5 amide bonds. The van der Waals surface area contributed by atoms with Crippen molar-refractivity contribution < 1.29 is 24.0 Å².